The van der Waals surface area contributed by atoms with Crippen LogP contribution in [-0.4, -0.2) is 29.8 Å². The highest BCUT2D eigenvalue weighted by Crippen LogP contribution is 2.10. The molecule has 6 heteroatoms. The zero-order chi connectivity index (χ0) is 14.4. The Bertz CT molecular complexity index is 537. The number of aromatic nitrogens is 2. The third-order valence-electron chi connectivity index (χ3n) is 2.84. The molecule has 0 spiro atoms. The van der Waals surface area contributed by atoms with Gasteiger partial charge in [0.1, 0.15) is 17.5 Å². The standard InChI is InChI=1S/C14H17F2N3O/c1-20-5-3-17-9-14-18-2-4-19(14)10-11-6-12(15)8-13(16)7-11/h2,4,6-8,17H,3,5,9-10H2,1H3. The zero-order valence-corrected chi connectivity index (χ0v) is 11.3. The van der Waals surface area contributed by atoms with E-state index in [4.69, 9.17) is 4.74 Å². The molecular formula is C14H17F2N3O. The molecule has 0 bridgehead atoms. The summed E-state index contributed by atoms with van der Waals surface area (Å²) in [7, 11) is 1.64. The Hall–Kier alpha value is -1.79. The van der Waals surface area contributed by atoms with Crippen LogP contribution in [0.15, 0.2) is 30.6 Å². The summed E-state index contributed by atoms with van der Waals surface area (Å²) in [5.41, 5.74) is 0.568. The Morgan fingerprint density at radius 3 is 2.70 bits per heavy atom. The van der Waals surface area contributed by atoms with Crippen molar-refractivity contribution in [2.24, 2.45) is 0 Å². The van der Waals surface area contributed by atoms with Crippen molar-refractivity contribution in [1.29, 1.82) is 0 Å². The van der Waals surface area contributed by atoms with E-state index in [1.54, 1.807) is 19.5 Å². The second-order valence-electron chi connectivity index (χ2n) is 4.42. The molecule has 0 aliphatic carbocycles. The fourth-order valence-electron chi connectivity index (χ4n) is 1.92. The van der Waals surface area contributed by atoms with Crippen LogP contribution >= 0.6 is 0 Å². The second-order valence-corrected chi connectivity index (χ2v) is 4.42. The van der Waals surface area contributed by atoms with E-state index in [1.807, 2.05) is 4.57 Å². The van der Waals surface area contributed by atoms with Gasteiger partial charge in [-0.05, 0) is 17.7 Å². The molecule has 1 N–H and O–H groups in total. The molecule has 4 nitrogen and oxygen atoms in total. The van der Waals surface area contributed by atoms with Gasteiger partial charge in [0.15, 0.2) is 0 Å². The minimum absolute atomic E-state index is 0.385. The van der Waals surface area contributed by atoms with Crippen molar-refractivity contribution in [1.82, 2.24) is 14.9 Å². The van der Waals surface area contributed by atoms with Gasteiger partial charge in [0.2, 0.25) is 0 Å². The lowest BCUT2D eigenvalue weighted by Gasteiger charge is -2.09. The van der Waals surface area contributed by atoms with Crippen LogP contribution in [0.25, 0.3) is 0 Å². The largest absolute Gasteiger partial charge is 0.383 e. The predicted octanol–water partition coefficient (Wildman–Crippen LogP) is 1.95. The van der Waals surface area contributed by atoms with E-state index in [9.17, 15) is 8.78 Å². The number of hydrogen-bond acceptors (Lipinski definition) is 3. The van der Waals surface area contributed by atoms with Crippen molar-refractivity contribution in [2.45, 2.75) is 13.1 Å². The Balaban J connectivity index is 2.00. The fraction of sp³-hybridized carbons (Fsp3) is 0.357. The maximum absolute atomic E-state index is 13.2. The first-order valence-electron chi connectivity index (χ1n) is 6.33. The molecule has 1 aromatic carbocycles. The number of nitrogens with zero attached hydrogens (tertiary/aromatic N) is 2. The van der Waals surface area contributed by atoms with E-state index in [0.29, 0.717) is 25.3 Å². The lowest BCUT2D eigenvalue weighted by Crippen LogP contribution is -2.21. The molecule has 2 rings (SSSR count). The second kappa shape index (κ2) is 7.12. The summed E-state index contributed by atoms with van der Waals surface area (Å²) in [6.45, 7) is 2.30. The van der Waals surface area contributed by atoms with Crippen molar-refractivity contribution in [3.8, 4) is 0 Å². The molecule has 0 radical (unpaired) electrons. The van der Waals surface area contributed by atoms with E-state index in [1.165, 1.54) is 12.1 Å². The average molecular weight is 281 g/mol. The molecule has 0 unspecified atom stereocenters. The first kappa shape index (κ1) is 14.6. The molecule has 0 aliphatic rings. The molecule has 1 heterocycles. The highest BCUT2D eigenvalue weighted by molar-refractivity contribution is 5.18. The number of nitrogens with one attached hydrogen (secondary N) is 1. The quantitative estimate of drug-likeness (QED) is 0.788. The van der Waals surface area contributed by atoms with Gasteiger partial charge in [0.05, 0.1) is 13.2 Å². The van der Waals surface area contributed by atoms with E-state index in [0.717, 1.165) is 18.4 Å². The van der Waals surface area contributed by atoms with Gasteiger partial charge in [0, 0.05) is 38.7 Å². The van der Waals surface area contributed by atoms with Gasteiger partial charge in [0.25, 0.3) is 0 Å². The molecule has 1 aromatic heterocycles. The first-order chi connectivity index (χ1) is 9.69. The summed E-state index contributed by atoms with van der Waals surface area (Å²) >= 11 is 0. The number of benzene rings is 1. The summed E-state index contributed by atoms with van der Waals surface area (Å²) in [6.07, 6.45) is 3.46. The van der Waals surface area contributed by atoms with Gasteiger partial charge in [-0.1, -0.05) is 0 Å². The molecule has 0 amide bonds. The maximum atomic E-state index is 13.2. The minimum Gasteiger partial charge on any atom is -0.383 e. The van der Waals surface area contributed by atoms with Crippen LogP contribution < -0.4 is 5.32 Å². The Labute approximate surface area is 116 Å². The van der Waals surface area contributed by atoms with Crippen LogP contribution in [0.4, 0.5) is 8.78 Å². The Morgan fingerprint density at radius 1 is 1.25 bits per heavy atom. The topological polar surface area (TPSA) is 39.1 Å². The van der Waals surface area contributed by atoms with Crippen molar-refractivity contribution in [3.63, 3.8) is 0 Å². The normalized spacial score (nSPS) is 10.9. The minimum atomic E-state index is -0.570. The van der Waals surface area contributed by atoms with Gasteiger partial charge in [-0.25, -0.2) is 13.8 Å². The van der Waals surface area contributed by atoms with Gasteiger partial charge in [-0.2, -0.15) is 0 Å². The number of hydrogen-bond donors (Lipinski definition) is 1. The molecule has 0 aliphatic heterocycles. The van der Waals surface area contributed by atoms with Crippen molar-refractivity contribution in [2.75, 3.05) is 20.3 Å². The van der Waals surface area contributed by atoms with Gasteiger partial charge < -0.3 is 14.6 Å². The predicted molar refractivity (Wildman–Crippen MR) is 71.3 cm³/mol. The number of rotatable bonds is 7. The maximum Gasteiger partial charge on any atom is 0.126 e. The highest BCUT2D eigenvalue weighted by atomic mass is 19.1. The molecule has 0 saturated carbocycles. The number of methoxy groups -OCH3 is 1. The summed E-state index contributed by atoms with van der Waals surface area (Å²) in [6, 6.07) is 3.51. The fourth-order valence-corrected chi connectivity index (χ4v) is 1.92. The van der Waals surface area contributed by atoms with Gasteiger partial charge in [-0.3, -0.25) is 0 Å². The third-order valence-corrected chi connectivity index (χ3v) is 2.84. The Kier molecular flexibility index (Phi) is 5.20. The number of ether oxygens (including phenoxy) is 1. The number of imidazole rings is 1. The van der Waals surface area contributed by atoms with Crippen LogP contribution in [0.3, 0.4) is 0 Å². The van der Waals surface area contributed by atoms with Crippen LogP contribution in [0, 0.1) is 11.6 Å². The van der Waals surface area contributed by atoms with Crippen molar-refractivity contribution < 1.29 is 13.5 Å². The lowest BCUT2D eigenvalue weighted by molar-refractivity contribution is 0.199. The molecule has 0 atom stereocenters. The van der Waals surface area contributed by atoms with Gasteiger partial charge in [-0.15, -0.1) is 0 Å². The van der Waals surface area contributed by atoms with E-state index in [-0.39, 0.29) is 0 Å². The van der Waals surface area contributed by atoms with Crippen LogP contribution in [0.1, 0.15) is 11.4 Å². The van der Waals surface area contributed by atoms with E-state index < -0.39 is 11.6 Å². The van der Waals surface area contributed by atoms with Crippen LogP contribution in [0.5, 0.6) is 0 Å². The van der Waals surface area contributed by atoms with Crippen LogP contribution in [-0.2, 0) is 17.8 Å². The van der Waals surface area contributed by atoms with Crippen molar-refractivity contribution >= 4 is 0 Å². The lowest BCUT2D eigenvalue weighted by atomic mass is 10.2. The zero-order valence-electron chi connectivity index (χ0n) is 11.3. The highest BCUT2D eigenvalue weighted by Gasteiger charge is 2.05. The summed E-state index contributed by atoms with van der Waals surface area (Å²) in [5, 5.41) is 3.18. The molecule has 108 valence electrons. The molecular weight excluding hydrogens is 264 g/mol. The molecule has 0 fully saturated rings. The number of halogens is 2. The average Bonchev–Trinajstić information content (AvgIpc) is 2.81. The van der Waals surface area contributed by atoms with Gasteiger partial charge >= 0.3 is 0 Å². The molecule has 0 saturated heterocycles. The summed E-state index contributed by atoms with van der Waals surface area (Å²) < 4.78 is 33.1. The smallest absolute Gasteiger partial charge is 0.126 e. The SMILES string of the molecule is COCCNCc1nccn1Cc1cc(F)cc(F)c1. The monoisotopic (exact) mass is 281 g/mol. The third kappa shape index (κ3) is 4.11. The summed E-state index contributed by atoms with van der Waals surface area (Å²) in [4.78, 5) is 4.23. The van der Waals surface area contributed by atoms with Crippen LogP contribution in [0.2, 0.25) is 0 Å². The summed E-state index contributed by atoms with van der Waals surface area (Å²) in [5.74, 6) is -0.328. The van der Waals surface area contributed by atoms with Crippen molar-refractivity contribution in [3.05, 3.63) is 53.6 Å². The molecule has 20 heavy (non-hydrogen) atoms. The van der Waals surface area contributed by atoms with E-state index >= 15 is 0 Å². The first-order valence-corrected chi connectivity index (χ1v) is 6.33. The molecule has 2 aromatic rings. The Morgan fingerprint density at radius 2 is 2.00 bits per heavy atom. The van der Waals surface area contributed by atoms with E-state index in [2.05, 4.69) is 10.3 Å².